The van der Waals surface area contributed by atoms with E-state index in [1.165, 1.54) is 6.07 Å². The minimum atomic E-state index is -0.780. The maximum absolute atomic E-state index is 15.5. The van der Waals surface area contributed by atoms with Crippen molar-refractivity contribution >= 4 is 39.2 Å². The minimum Gasteiger partial charge on any atom is -0.364 e. The molecule has 0 spiro atoms. The third-order valence-corrected chi connectivity index (χ3v) is 5.61. The van der Waals surface area contributed by atoms with Crippen LogP contribution in [0.15, 0.2) is 35.1 Å². The van der Waals surface area contributed by atoms with Crippen LogP contribution in [-0.4, -0.2) is 40.6 Å². The number of fused-ring (bicyclic) bond motifs is 2. The van der Waals surface area contributed by atoms with E-state index < -0.39 is 17.1 Å². The molecule has 3 N–H and O–H groups in total. The molecular formula is C21H18ClF2N5O. The van der Waals surface area contributed by atoms with Gasteiger partial charge < -0.3 is 20.2 Å². The molecule has 0 amide bonds. The van der Waals surface area contributed by atoms with Crippen molar-refractivity contribution in [1.82, 2.24) is 20.3 Å². The topological polar surface area (TPSA) is 76.8 Å². The predicted molar refractivity (Wildman–Crippen MR) is 114 cm³/mol. The van der Waals surface area contributed by atoms with Crippen molar-refractivity contribution < 1.29 is 8.78 Å². The summed E-state index contributed by atoms with van der Waals surface area (Å²) in [5, 5.41) is 3.75. The number of rotatable bonds is 2. The Bertz CT molecular complexity index is 1350. The van der Waals surface area contributed by atoms with Crippen LogP contribution in [-0.2, 0) is 0 Å². The number of nitrogens with one attached hydrogen (secondary N) is 3. The van der Waals surface area contributed by atoms with Gasteiger partial charge in [0.15, 0.2) is 17.1 Å². The molecule has 1 aliphatic rings. The fourth-order valence-electron chi connectivity index (χ4n) is 3.97. The fraction of sp³-hybridized carbons (Fsp3) is 0.238. The second kappa shape index (κ2) is 7.07. The lowest BCUT2D eigenvalue weighted by atomic mass is 10.1. The minimum absolute atomic E-state index is 0.0418. The molecule has 2 aromatic carbocycles. The number of hydrogen-bond acceptors (Lipinski definition) is 4. The normalized spacial score (nSPS) is 17.2. The molecule has 5 rings (SSSR count). The maximum atomic E-state index is 15.5. The second-order valence-corrected chi connectivity index (χ2v) is 7.98. The highest BCUT2D eigenvalue weighted by molar-refractivity contribution is 6.31. The van der Waals surface area contributed by atoms with Crippen LogP contribution in [0.4, 0.5) is 14.5 Å². The van der Waals surface area contributed by atoms with Crippen LogP contribution in [0.5, 0.6) is 0 Å². The number of anilines is 1. The highest BCUT2D eigenvalue weighted by Gasteiger charge is 2.25. The molecule has 154 valence electrons. The van der Waals surface area contributed by atoms with Crippen molar-refractivity contribution in [2.75, 3.05) is 24.5 Å². The number of H-pyrrole nitrogens is 2. The lowest BCUT2D eigenvalue weighted by Crippen LogP contribution is -2.49. The molecule has 1 fully saturated rings. The second-order valence-electron chi connectivity index (χ2n) is 7.54. The van der Waals surface area contributed by atoms with E-state index in [4.69, 9.17) is 11.6 Å². The highest BCUT2D eigenvalue weighted by atomic mass is 35.5. The molecule has 3 heterocycles. The summed E-state index contributed by atoms with van der Waals surface area (Å²) >= 11 is 6.01. The summed E-state index contributed by atoms with van der Waals surface area (Å²) in [4.78, 5) is 24.8. The molecule has 1 saturated heterocycles. The van der Waals surface area contributed by atoms with E-state index in [2.05, 4.69) is 20.3 Å². The van der Waals surface area contributed by atoms with Crippen LogP contribution in [0.1, 0.15) is 6.92 Å². The Labute approximate surface area is 174 Å². The van der Waals surface area contributed by atoms with Gasteiger partial charge >= 0.3 is 0 Å². The molecule has 1 atom stereocenters. The summed E-state index contributed by atoms with van der Waals surface area (Å²) in [6, 6.07) is 7.65. The molecule has 0 radical (unpaired) electrons. The Hall–Kier alpha value is -2.97. The van der Waals surface area contributed by atoms with E-state index in [1.54, 1.807) is 23.1 Å². The van der Waals surface area contributed by atoms with Crippen LogP contribution in [0.25, 0.3) is 33.5 Å². The predicted octanol–water partition coefficient (Wildman–Crippen LogP) is 3.80. The Morgan fingerprint density at radius 2 is 2.03 bits per heavy atom. The van der Waals surface area contributed by atoms with E-state index in [-0.39, 0.29) is 22.6 Å². The van der Waals surface area contributed by atoms with Gasteiger partial charge in [-0.2, -0.15) is 0 Å². The van der Waals surface area contributed by atoms with Gasteiger partial charge in [-0.1, -0.05) is 11.6 Å². The van der Waals surface area contributed by atoms with Gasteiger partial charge in [0.25, 0.3) is 0 Å². The Morgan fingerprint density at radius 3 is 2.83 bits per heavy atom. The first kappa shape index (κ1) is 19.0. The first-order valence-corrected chi connectivity index (χ1v) is 9.97. The SMILES string of the molecule is CC1CN(c2c(F)cc3c(=O)cc(-c4nc5ccc(Cl)cc5[nH]4)[nH]c3c2F)CCN1. The zero-order valence-corrected chi connectivity index (χ0v) is 16.8. The third-order valence-electron chi connectivity index (χ3n) is 5.38. The number of hydrogen-bond donors (Lipinski definition) is 3. The van der Waals surface area contributed by atoms with Crippen molar-refractivity contribution in [1.29, 1.82) is 0 Å². The standard InChI is InChI=1S/C21H18ClF2N5O/c1-10-9-29(5-4-25-10)20-13(23)7-12-17(30)8-16(26-19(12)18(20)24)21-27-14-3-2-11(22)6-15(14)28-21/h2-3,6-8,10,25H,4-5,9H2,1H3,(H,26,30)(H,27,28). The van der Waals surface area contributed by atoms with Crippen molar-refractivity contribution in [2.45, 2.75) is 13.0 Å². The van der Waals surface area contributed by atoms with E-state index in [1.807, 2.05) is 6.92 Å². The van der Waals surface area contributed by atoms with E-state index in [0.717, 1.165) is 6.07 Å². The van der Waals surface area contributed by atoms with E-state index >= 15 is 4.39 Å². The summed E-state index contributed by atoms with van der Waals surface area (Å²) in [5.74, 6) is -1.16. The smallest absolute Gasteiger partial charge is 0.190 e. The zero-order chi connectivity index (χ0) is 21.0. The zero-order valence-electron chi connectivity index (χ0n) is 16.0. The molecule has 9 heteroatoms. The molecule has 2 aromatic heterocycles. The number of halogens is 3. The summed E-state index contributed by atoms with van der Waals surface area (Å²) in [7, 11) is 0. The fourth-order valence-corrected chi connectivity index (χ4v) is 4.14. The molecule has 0 saturated carbocycles. The lowest BCUT2D eigenvalue weighted by molar-refractivity contribution is 0.471. The summed E-state index contributed by atoms with van der Waals surface area (Å²) in [5.41, 5.74) is 0.998. The number of pyridine rings is 1. The molecule has 0 bridgehead atoms. The van der Waals surface area contributed by atoms with Crippen molar-refractivity contribution in [2.24, 2.45) is 0 Å². The highest BCUT2D eigenvalue weighted by Crippen LogP contribution is 2.31. The summed E-state index contributed by atoms with van der Waals surface area (Å²) in [6.07, 6.45) is 0. The quantitative estimate of drug-likeness (QED) is 0.453. The first-order chi connectivity index (χ1) is 14.4. The molecule has 6 nitrogen and oxygen atoms in total. The molecule has 0 aliphatic carbocycles. The first-order valence-electron chi connectivity index (χ1n) is 9.59. The molecular weight excluding hydrogens is 412 g/mol. The van der Waals surface area contributed by atoms with E-state index in [9.17, 15) is 9.18 Å². The van der Waals surface area contributed by atoms with Gasteiger partial charge in [-0.05, 0) is 31.2 Å². The van der Waals surface area contributed by atoms with Crippen molar-refractivity contribution in [3.63, 3.8) is 0 Å². The van der Waals surface area contributed by atoms with Gasteiger partial charge in [0.05, 0.1) is 27.6 Å². The lowest BCUT2D eigenvalue weighted by Gasteiger charge is -2.34. The van der Waals surface area contributed by atoms with Crippen LogP contribution in [0, 0.1) is 11.6 Å². The number of benzene rings is 2. The van der Waals surface area contributed by atoms with Gasteiger partial charge in [0.2, 0.25) is 0 Å². The van der Waals surface area contributed by atoms with Gasteiger partial charge in [-0.15, -0.1) is 0 Å². The average molecular weight is 430 g/mol. The number of imidazole rings is 1. The molecule has 1 aliphatic heterocycles. The van der Waals surface area contributed by atoms with Gasteiger partial charge in [0, 0.05) is 36.8 Å². The van der Waals surface area contributed by atoms with Gasteiger partial charge in [0.1, 0.15) is 11.5 Å². The Balaban J connectivity index is 1.68. The molecule has 1 unspecified atom stereocenters. The Kier molecular flexibility index (Phi) is 4.48. The van der Waals surface area contributed by atoms with E-state index in [0.29, 0.717) is 47.2 Å². The molecule has 4 aromatic rings. The third kappa shape index (κ3) is 3.12. The largest absolute Gasteiger partial charge is 0.364 e. The van der Waals surface area contributed by atoms with Crippen LogP contribution >= 0.6 is 11.6 Å². The van der Waals surface area contributed by atoms with Crippen molar-refractivity contribution in [3.05, 3.63) is 57.2 Å². The monoisotopic (exact) mass is 429 g/mol. The van der Waals surface area contributed by atoms with Gasteiger partial charge in [-0.3, -0.25) is 4.79 Å². The number of nitrogens with zero attached hydrogens (tertiary/aromatic N) is 2. The number of piperazine rings is 1. The van der Waals surface area contributed by atoms with Crippen LogP contribution in [0.2, 0.25) is 5.02 Å². The maximum Gasteiger partial charge on any atom is 0.190 e. The Morgan fingerprint density at radius 1 is 1.20 bits per heavy atom. The van der Waals surface area contributed by atoms with Gasteiger partial charge in [-0.25, -0.2) is 13.8 Å². The summed E-state index contributed by atoms with van der Waals surface area (Å²) in [6.45, 7) is 3.51. The average Bonchev–Trinajstić information content (AvgIpc) is 3.12. The number of aromatic nitrogens is 3. The van der Waals surface area contributed by atoms with Crippen LogP contribution in [0.3, 0.4) is 0 Å². The number of aromatic amines is 2. The molecule has 30 heavy (non-hydrogen) atoms. The summed E-state index contributed by atoms with van der Waals surface area (Å²) < 4.78 is 30.2. The van der Waals surface area contributed by atoms with Crippen molar-refractivity contribution in [3.8, 4) is 11.5 Å². The van der Waals surface area contributed by atoms with Crippen LogP contribution < -0.4 is 15.6 Å².